The molecule has 0 saturated carbocycles. The molecule has 1 atom stereocenters. The highest BCUT2D eigenvalue weighted by Gasteiger charge is 2.11. The van der Waals surface area contributed by atoms with E-state index in [1.807, 2.05) is 20.0 Å². The molecular formula is C10H15N3S. The van der Waals surface area contributed by atoms with Gasteiger partial charge in [-0.1, -0.05) is 0 Å². The van der Waals surface area contributed by atoms with E-state index >= 15 is 0 Å². The number of aromatic nitrogens is 1. The molecule has 1 heterocycles. The minimum absolute atomic E-state index is 0.182. The van der Waals surface area contributed by atoms with Gasteiger partial charge in [-0.05, 0) is 20.3 Å². The number of nitrogens with one attached hydrogen (secondary N) is 1. The number of hydrogen-bond donors (Lipinski definition) is 2. The Morgan fingerprint density at radius 3 is 3.00 bits per heavy atom. The standard InChI is InChI=1S/C10H15N3S/c1-3-4-5-6-9(13-11)10-7-12-8(2)14-10/h7,9,13H,5-6,11H2,1-2H3. The van der Waals surface area contributed by atoms with Crippen LogP contribution in [0.2, 0.25) is 0 Å². The maximum atomic E-state index is 5.48. The van der Waals surface area contributed by atoms with Crippen molar-refractivity contribution >= 4 is 11.3 Å². The van der Waals surface area contributed by atoms with Gasteiger partial charge in [-0.2, -0.15) is 0 Å². The molecule has 0 saturated heterocycles. The van der Waals surface area contributed by atoms with Crippen molar-refractivity contribution in [3.8, 4) is 11.8 Å². The number of hydrazine groups is 1. The summed E-state index contributed by atoms with van der Waals surface area (Å²) < 4.78 is 0. The van der Waals surface area contributed by atoms with Crippen LogP contribution >= 0.6 is 11.3 Å². The van der Waals surface area contributed by atoms with Gasteiger partial charge in [0, 0.05) is 17.5 Å². The molecule has 0 fully saturated rings. The lowest BCUT2D eigenvalue weighted by molar-refractivity contribution is 0.531. The maximum absolute atomic E-state index is 5.48. The lowest BCUT2D eigenvalue weighted by Gasteiger charge is -2.11. The van der Waals surface area contributed by atoms with Gasteiger partial charge >= 0.3 is 0 Å². The molecule has 0 spiro atoms. The Labute approximate surface area is 88.7 Å². The van der Waals surface area contributed by atoms with Gasteiger partial charge in [0.25, 0.3) is 0 Å². The van der Waals surface area contributed by atoms with Crippen LogP contribution in [0.4, 0.5) is 0 Å². The zero-order chi connectivity index (χ0) is 10.4. The predicted molar refractivity (Wildman–Crippen MR) is 59.6 cm³/mol. The van der Waals surface area contributed by atoms with Crippen LogP contribution in [0, 0.1) is 18.8 Å². The molecule has 0 aliphatic rings. The van der Waals surface area contributed by atoms with Crippen LogP contribution in [0.15, 0.2) is 6.20 Å². The second kappa shape index (κ2) is 5.76. The monoisotopic (exact) mass is 209 g/mol. The summed E-state index contributed by atoms with van der Waals surface area (Å²) in [5.41, 5.74) is 2.79. The van der Waals surface area contributed by atoms with Gasteiger partial charge in [0.05, 0.1) is 11.0 Å². The van der Waals surface area contributed by atoms with Crippen LogP contribution in [0.1, 0.15) is 35.7 Å². The smallest absolute Gasteiger partial charge is 0.0897 e. The van der Waals surface area contributed by atoms with Crippen molar-refractivity contribution in [2.45, 2.75) is 32.7 Å². The first-order valence-electron chi connectivity index (χ1n) is 4.56. The fourth-order valence-corrected chi connectivity index (χ4v) is 2.07. The fraction of sp³-hybridized carbons (Fsp3) is 0.500. The largest absolute Gasteiger partial charge is 0.271 e. The molecule has 1 rings (SSSR count). The van der Waals surface area contributed by atoms with E-state index in [4.69, 9.17) is 5.84 Å². The number of thiazole rings is 1. The van der Waals surface area contributed by atoms with Crippen LogP contribution in [-0.2, 0) is 0 Å². The van der Waals surface area contributed by atoms with E-state index < -0.39 is 0 Å². The van der Waals surface area contributed by atoms with Gasteiger partial charge in [-0.15, -0.1) is 23.2 Å². The molecule has 1 unspecified atom stereocenters. The third-order valence-electron chi connectivity index (χ3n) is 1.92. The van der Waals surface area contributed by atoms with Gasteiger partial charge in [0.15, 0.2) is 0 Å². The fourth-order valence-electron chi connectivity index (χ4n) is 1.19. The molecule has 4 heteroatoms. The van der Waals surface area contributed by atoms with Gasteiger partial charge in [-0.3, -0.25) is 11.3 Å². The Morgan fingerprint density at radius 1 is 1.71 bits per heavy atom. The molecular weight excluding hydrogens is 194 g/mol. The zero-order valence-corrected chi connectivity index (χ0v) is 9.32. The summed E-state index contributed by atoms with van der Waals surface area (Å²) in [7, 11) is 0. The molecule has 0 amide bonds. The number of nitrogens with zero attached hydrogens (tertiary/aromatic N) is 1. The van der Waals surface area contributed by atoms with Crippen LogP contribution < -0.4 is 11.3 Å². The van der Waals surface area contributed by atoms with Crippen LogP contribution in [0.3, 0.4) is 0 Å². The topological polar surface area (TPSA) is 50.9 Å². The van der Waals surface area contributed by atoms with Crippen LogP contribution in [-0.4, -0.2) is 4.98 Å². The van der Waals surface area contributed by atoms with Crippen molar-refractivity contribution in [1.29, 1.82) is 0 Å². The lowest BCUT2D eigenvalue weighted by atomic mass is 10.1. The SMILES string of the molecule is CC#CCCC(NN)c1cnc(C)s1. The van der Waals surface area contributed by atoms with Crippen molar-refractivity contribution in [2.24, 2.45) is 5.84 Å². The predicted octanol–water partition coefficient (Wildman–Crippen LogP) is 1.76. The van der Waals surface area contributed by atoms with E-state index in [9.17, 15) is 0 Å². The minimum Gasteiger partial charge on any atom is -0.271 e. The summed E-state index contributed by atoms with van der Waals surface area (Å²) in [6.45, 7) is 3.84. The van der Waals surface area contributed by atoms with E-state index in [0.29, 0.717) is 0 Å². The van der Waals surface area contributed by atoms with Crippen molar-refractivity contribution in [3.63, 3.8) is 0 Å². The Hall–Kier alpha value is -0.890. The lowest BCUT2D eigenvalue weighted by Crippen LogP contribution is -2.27. The molecule has 0 aromatic carbocycles. The second-order valence-electron chi connectivity index (χ2n) is 2.97. The van der Waals surface area contributed by atoms with E-state index in [2.05, 4.69) is 22.3 Å². The summed E-state index contributed by atoms with van der Waals surface area (Å²) in [5.74, 6) is 11.4. The Balaban J connectivity index is 2.56. The minimum atomic E-state index is 0.182. The first-order valence-corrected chi connectivity index (χ1v) is 5.37. The molecule has 76 valence electrons. The van der Waals surface area contributed by atoms with Gasteiger partial charge in [-0.25, -0.2) is 4.98 Å². The third-order valence-corrected chi connectivity index (χ3v) is 2.95. The second-order valence-corrected chi connectivity index (χ2v) is 4.23. The first-order chi connectivity index (χ1) is 6.77. The normalized spacial score (nSPS) is 11.9. The summed E-state index contributed by atoms with van der Waals surface area (Å²) in [6, 6.07) is 0.182. The van der Waals surface area contributed by atoms with E-state index in [0.717, 1.165) is 17.8 Å². The average Bonchev–Trinajstić information content (AvgIpc) is 2.60. The molecule has 3 N–H and O–H groups in total. The Bertz CT molecular complexity index is 335. The quantitative estimate of drug-likeness (QED) is 0.451. The van der Waals surface area contributed by atoms with Crippen LogP contribution in [0.5, 0.6) is 0 Å². The Morgan fingerprint density at radius 2 is 2.50 bits per heavy atom. The molecule has 0 aliphatic heterocycles. The van der Waals surface area contributed by atoms with Crippen molar-refractivity contribution in [3.05, 3.63) is 16.1 Å². The highest BCUT2D eigenvalue weighted by molar-refractivity contribution is 7.11. The average molecular weight is 209 g/mol. The number of rotatable bonds is 4. The number of hydrogen-bond acceptors (Lipinski definition) is 4. The zero-order valence-electron chi connectivity index (χ0n) is 8.50. The van der Waals surface area contributed by atoms with Crippen LogP contribution in [0.25, 0.3) is 0 Å². The molecule has 0 bridgehead atoms. The van der Waals surface area contributed by atoms with E-state index in [1.165, 1.54) is 4.88 Å². The molecule has 1 aromatic heterocycles. The van der Waals surface area contributed by atoms with Crippen molar-refractivity contribution < 1.29 is 0 Å². The summed E-state index contributed by atoms with van der Waals surface area (Å²) >= 11 is 1.68. The Kier molecular flexibility index (Phi) is 4.60. The highest BCUT2D eigenvalue weighted by atomic mass is 32.1. The molecule has 3 nitrogen and oxygen atoms in total. The van der Waals surface area contributed by atoms with Crippen molar-refractivity contribution in [2.75, 3.05) is 0 Å². The van der Waals surface area contributed by atoms with Gasteiger partial charge in [0.2, 0.25) is 0 Å². The third kappa shape index (κ3) is 3.11. The van der Waals surface area contributed by atoms with Gasteiger partial charge < -0.3 is 0 Å². The van der Waals surface area contributed by atoms with Crippen molar-refractivity contribution in [1.82, 2.24) is 10.4 Å². The number of nitrogens with two attached hydrogens (primary N) is 1. The summed E-state index contributed by atoms with van der Waals surface area (Å²) in [5, 5.41) is 1.07. The molecule has 0 radical (unpaired) electrons. The highest BCUT2D eigenvalue weighted by Crippen LogP contribution is 2.23. The molecule has 0 aliphatic carbocycles. The van der Waals surface area contributed by atoms with E-state index in [1.54, 1.807) is 11.3 Å². The summed E-state index contributed by atoms with van der Waals surface area (Å²) in [6.07, 6.45) is 3.67. The molecule has 14 heavy (non-hydrogen) atoms. The first kappa shape index (κ1) is 11.2. The number of aryl methyl sites for hydroxylation is 1. The maximum Gasteiger partial charge on any atom is 0.0897 e. The summed E-state index contributed by atoms with van der Waals surface area (Å²) in [4.78, 5) is 5.38. The van der Waals surface area contributed by atoms with E-state index in [-0.39, 0.29) is 6.04 Å². The molecule has 1 aromatic rings. The van der Waals surface area contributed by atoms with Gasteiger partial charge in [0.1, 0.15) is 0 Å².